The summed E-state index contributed by atoms with van der Waals surface area (Å²) >= 11 is 3.17. The summed E-state index contributed by atoms with van der Waals surface area (Å²) < 4.78 is 1.48. The molecule has 0 bridgehead atoms. The van der Waals surface area contributed by atoms with Crippen LogP contribution in [0.15, 0.2) is 6.07 Å². The van der Waals surface area contributed by atoms with E-state index < -0.39 is 5.97 Å². The molecule has 0 aliphatic heterocycles. The molecule has 0 spiro atoms. The Morgan fingerprint density at radius 1 is 1.75 bits per heavy atom. The molecular weight excluding hydrogens is 224 g/mol. The molecule has 1 heterocycles. The van der Waals surface area contributed by atoms with Crippen LogP contribution >= 0.6 is 16.1 Å². The number of aromatic carboxylic acids is 1. The van der Waals surface area contributed by atoms with Crippen LogP contribution < -0.4 is 0 Å². The smallest absolute Gasteiger partial charge is 0.356 e. The lowest BCUT2D eigenvalue weighted by Gasteiger charge is -1.91. The molecule has 1 saturated carbocycles. The summed E-state index contributed by atoms with van der Waals surface area (Å²) in [6.07, 6.45) is 2.27. The van der Waals surface area contributed by atoms with Gasteiger partial charge in [-0.3, -0.25) is 0 Å². The van der Waals surface area contributed by atoms with E-state index in [0.29, 0.717) is 5.92 Å². The number of carboxylic acids is 1. The van der Waals surface area contributed by atoms with Gasteiger partial charge in [-0.05, 0) is 18.9 Å². The van der Waals surface area contributed by atoms with Gasteiger partial charge in [0.15, 0.2) is 5.69 Å². The van der Waals surface area contributed by atoms with Gasteiger partial charge in [-0.1, -0.05) is 0 Å². The molecule has 5 heteroatoms. The zero-order chi connectivity index (χ0) is 8.72. The summed E-state index contributed by atoms with van der Waals surface area (Å²) in [5.74, 6) is -0.472. The predicted octanol–water partition coefficient (Wildman–Crippen LogP) is 1.62. The highest BCUT2D eigenvalue weighted by Crippen LogP contribution is 2.40. The van der Waals surface area contributed by atoms with E-state index in [9.17, 15) is 4.79 Å². The number of aromatic nitrogens is 2. The topological polar surface area (TPSA) is 55.1 Å². The molecule has 0 radical (unpaired) electrons. The highest BCUT2D eigenvalue weighted by Gasteiger charge is 2.28. The van der Waals surface area contributed by atoms with Gasteiger partial charge in [0.2, 0.25) is 0 Å². The Morgan fingerprint density at radius 3 is 2.83 bits per heavy atom. The molecule has 64 valence electrons. The van der Waals surface area contributed by atoms with E-state index in [1.807, 2.05) is 0 Å². The minimum atomic E-state index is -0.977. The van der Waals surface area contributed by atoms with Gasteiger partial charge in [0.25, 0.3) is 0 Å². The third kappa shape index (κ3) is 1.24. The first-order valence-corrected chi connectivity index (χ1v) is 4.39. The van der Waals surface area contributed by atoms with Crippen LogP contribution in [0.1, 0.15) is 34.9 Å². The van der Waals surface area contributed by atoms with Crippen molar-refractivity contribution >= 4 is 22.1 Å². The van der Waals surface area contributed by atoms with Gasteiger partial charge in [-0.25, -0.2) is 8.50 Å². The molecule has 0 atom stereocenters. The van der Waals surface area contributed by atoms with Crippen molar-refractivity contribution in [3.8, 4) is 0 Å². The number of nitrogens with zero attached hydrogens (tertiary/aromatic N) is 2. The van der Waals surface area contributed by atoms with E-state index in [1.54, 1.807) is 6.07 Å². The predicted molar refractivity (Wildman–Crippen MR) is 45.5 cm³/mol. The highest BCUT2D eigenvalue weighted by atomic mass is 79.9. The lowest BCUT2D eigenvalue weighted by atomic mass is 10.3. The number of carboxylic acid groups (broad SMARTS) is 1. The highest BCUT2D eigenvalue weighted by molar-refractivity contribution is 9.08. The molecule has 1 aliphatic rings. The monoisotopic (exact) mass is 230 g/mol. The molecular formula is C7H7BrN2O2. The van der Waals surface area contributed by atoms with E-state index >= 15 is 0 Å². The second-order valence-electron chi connectivity index (χ2n) is 2.89. The average molecular weight is 231 g/mol. The summed E-state index contributed by atoms with van der Waals surface area (Å²) in [6, 6.07) is 1.62. The maximum Gasteiger partial charge on any atom is 0.356 e. The van der Waals surface area contributed by atoms with Crippen LogP contribution in [0.5, 0.6) is 0 Å². The van der Waals surface area contributed by atoms with Gasteiger partial charge >= 0.3 is 5.97 Å². The van der Waals surface area contributed by atoms with Gasteiger partial charge in [0.05, 0.1) is 21.8 Å². The van der Waals surface area contributed by atoms with Gasteiger partial charge in [-0.2, -0.15) is 5.10 Å². The quantitative estimate of drug-likeness (QED) is 0.841. The fraction of sp³-hybridized carbons (Fsp3) is 0.429. The largest absolute Gasteiger partial charge is 0.476 e. The molecule has 0 aromatic carbocycles. The Balaban J connectivity index is 2.36. The van der Waals surface area contributed by atoms with Crippen molar-refractivity contribution in [1.82, 2.24) is 8.81 Å². The van der Waals surface area contributed by atoms with Crippen molar-refractivity contribution in [3.63, 3.8) is 0 Å². The number of halogens is 1. The zero-order valence-electron chi connectivity index (χ0n) is 6.20. The first-order chi connectivity index (χ1) is 5.68. The lowest BCUT2D eigenvalue weighted by Crippen LogP contribution is -1.96. The van der Waals surface area contributed by atoms with E-state index in [2.05, 4.69) is 21.2 Å². The zero-order valence-corrected chi connectivity index (χ0v) is 7.78. The van der Waals surface area contributed by atoms with Crippen molar-refractivity contribution in [2.75, 3.05) is 0 Å². The Hall–Kier alpha value is -0.840. The van der Waals surface area contributed by atoms with Crippen molar-refractivity contribution < 1.29 is 9.90 Å². The molecule has 12 heavy (non-hydrogen) atoms. The molecule has 1 aromatic rings. The molecule has 1 aromatic heterocycles. The molecule has 1 aliphatic carbocycles. The normalized spacial score (nSPS) is 16.4. The first kappa shape index (κ1) is 7.79. The summed E-state index contributed by atoms with van der Waals surface area (Å²) in [6.45, 7) is 0. The molecule has 0 amide bonds. The number of rotatable bonds is 2. The minimum absolute atomic E-state index is 0.105. The molecule has 0 saturated heterocycles. The standard InChI is InChI=1S/C7H7BrN2O2/c8-10-6(4-1-2-4)3-5(9-10)7(11)12/h3-4H,1-2H2,(H,11,12). The van der Waals surface area contributed by atoms with Crippen LogP contribution in [0.2, 0.25) is 0 Å². The van der Waals surface area contributed by atoms with Crippen molar-refractivity contribution in [2.24, 2.45) is 0 Å². The Labute approximate surface area is 77.5 Å². The van der Waals surface area contributed by atoms with Crippen molar-refractivity contribution in [2.45, 2.75) is 18.8 Å². The number of hydrogen-bond acceptors (Lipinski definition) is 2. The van der Waals surface area contributed by atoms with Crippen LogP contribution in [0.3, 0.4) is 0 Å². The fourth-order valence-corrected chi connectivity index (χ4v) is 1.69. The molecule has 0 unspecified atom stereocenters. The second kappa shape index (κ2) is 2.58. The molecule has 2 rings (SSSR count). The Kier molecular flexibility index (Phi) is 1.68. The van der Waals surface area contributed by atoms with E-state index in [1.165, 1.54) is 3.71 Å². The Morgan fingerprint density at radius 2 is 2.42 bits per heavy atom. The molecule has 4 nitrogen and oxygen atoms in total. The van der Waals surface area contributed by atoms with Crippen LogP contribution in [0.4, 0.5) is 0 Å². The van der Waals surface area contributed by atoms with Crippen LogP contribution in [0.25, 0.3) is 0 Å². The average Bonchev–Trinajstić information content (AvgIpc) is 2.75. The SMILES string of the molecule is O=C(O)c1cc(C2CC2)n(Br)n1. The lowest BCUT2D eigenvalue weighted by molar-refractivity contribution is 0.0690. The van der Waals surface area contributed by atoms with Crippen LogP contribution in [-0.4, -0.2) is 19.9 Å². The molecule has 1 N–H and O–H groups in total. The summed E-state index contributed by atoms with van der Waals surface area (Å²) in [7, 11) is 0. The van der Waals surface area contributed by atoms with Gasteiger partial charge in [0, 0.05) is 5.92 Å². The third-order valence-electron chi connectivity index (χ3n) is 1.91. The van der Waals surface area contributed by atoms with E-state index in [0.717, 1.165) is 18.5 Å². The fourth-order valence-electron chi connectivity index (χ4n) is 1.13. The second-order valence-corrected chi connectivity index (χ2v) is 3.57. The van der Waals surface area contributed by atoms with Crippen molar-refractivity contribution in [3.05, 3.63) is 17.5 Å². The van der Waals surface area contributed by atoms with Crippen LogP contribution in [0, 0.1) is 0 Å². The maximum atomic E-state index is 10.5. The summed E-state index contributed by atoms with van der Waals surface area (Å²) in [5.41, 5.74) is 1.07. The van der Waals surface area contributed by atoms with Gasteiger partial charge in [-0.15, -0.1) is 0 Å². The third-order valence-corrected chi connectivity index (χ3v) is 2.48. The number of carbonyl (C=O) groups is 1. The van der Waals surface area contributed by atoms with Crippen molar-refractivity contribution in [1.29, 1.82) is 0 Å². The number of hydrogen-bond donors (Lipinski definition) is 1. The van der Waals surface area contributed by atoms with Gasteiger partial charge in [0.1, 0.15) is 0 Å². The van der Waals surface area contributed by atoms with Gasteiger partial charge < -0.3 is 5.11 Å². The van der Waals surface area contributed by atoms with E-state index in [4.69, 9.17) is 5.11 Å². The molecule has 1 fully saturated rings. The Bertz CT molecular complexity index is 330. The van der Waals surface area contributed by atoms with Crippen LogP contribution in [-0.2, 0) is 0 Å². The maximum absolute atomic E-state index is 10.5. The first-order valence-electron chi connectivity index (χ1n) is 3.68. The van der Waals surface area contributed by atoms with E-state index in [-0.39, 0.29) is 5.69 Å². The minimum Gasteiger partial charge on any atom is -0.476 e. The summed E-state index contributed by atoms with van der Waals surface area (Å²) in [4.78, 5) is 10.5. The summed E-state index contributed by atoms with van der Waals surface area (Å²) in [5, 5.41) is 12.4.